The molecule has 0 aliphatic heterocycles. The third kappa shape index (κ3) is 2.96. The van der Waals surface area contributed by atoms with Crippen molar-refractivity contribution in [3.8, 4) is 0 Å². The molecule has 1 atom stereocenters. The Morgan fingerprint density at radius 2 is 2.23 bits per heavy atom. The van der Waals surface area contributed by atoms with Crippen molar-refractivity contribution in [2.24, 2.45) is 0 Å². The molecule has 6 heteroatoms. The largest absolute Gasteiger partial charge is 0.414 e. The number of halogens is 3. The van der Waals surface area contributed by atoms with Crippen molar-refractivity contribution in [2.75, 3.05) is 0 Å². The van der Waals surface area contributed by atoms with Crippen LogP contribution in [0.25, 0.3) is 0 Å². The Balaban J connectivity index is 2.60. The number of aliphatic hydroxyl groups excluding tert-OH is 1. The molecule has 0 aliphatic rings. The summed E-state index contributed by atoms with van der Waals surface area (Å²) in [5.74, 6) is 0. The molecular formula is C7H8F3NOS. The molecule has 0 radical (unpaired) electrons. The number of thiazole rings is 1. The van der Waals surface area contributed by atoms with Crippen LogP contribution in [0.2, 0.25) is 0 Å². The Bertz CT molecular complexity index is 284. The van der Waals surface area contributed by atoms with Gasteiger partial charge in [0.1, 0.15) is 0 Å². The normalized spacial score (nSPS) is 14.5. The van der Waals surface area contributed by atoms with E-state index in [0.717, 1.165) is 0 Å². The van der Waals surface area contributed by atoms with Crippen LogP contribution in [-0.4, -0.2) is 22.4 Å². The lowest BCUT2D eigenvalue weighted by atomic mass is 10.2. The van der Waals surface area contributed by atoms with Crippen molar-refractivity contribution in [1.82, 2.24) is 4.98 Å². The highest BCUT2D eigenvalue weighted by atomic mass is 32.1. The number of alkyl halides is 3. The van der Waals surface area contributed by atoms with Crippen molar-refractivity contribution in [1.29, 1.82) is 0 Å². The molecule has 1 heterocycles. The number of rotatable bonds is 2. The fraction of sp³-hybridized carbons (Fsp3) is 0.571. The zero-order valence-corrected chi connectivity index (χ0v) is 7.61. The lowest BCUT2D eigenvalue weighted by Gasteiger charge is -2.12. The summed E-state index contributed by atoms with van der Waals surface area (Å²) in [5.41, 5.74) is 0.285. The zero-order valence-electron chi connectivity index (χ0n) is 6.80. The highest BCUT2D eigenvalue weighted by molar-refractivity contribution is 7.09. The topological polar surface area (TPSA) is 33.1 Å². The first-order valence-electron chi connectivity index (χ1n) is 3.55. The summed E-state index contributed by atoms with van der Waals surface area (Å²) in [4.78, 5) is 3.82. The Labute approximate surface area is 77.0 Å². The van der Waals surface area contributed by atoms with Crippen LogP contribution in [-0.2, 0) is 6.42 Å². The Morgan fingerprint density at radius 3 is 2.62 bits per heavy atom. The molecule has 0 unspecified atom stereocenters. The molecule has 0 spiro atoms. The van der Waals surface area contributed by atoms with Crippen molar-refractivity contribution in [3.05, 3.63) is 16.1 Å². The van der Waals surface area contributed by atoms with E-state index in [1.54, 1.807) is 6.92 Å². The summed E-state index contributed by atoms with van der Waals surface area (Å²) < 4.78 is 35.6. The summed E-state index contributed by atoms with van der Waals surface area (Å²) in [7, 11) is 0. The van der Waals surface area contributed by atoms with E-state index in [0.29, 0.717) is 5.01 Å². The second-order valence-electron chi connectivity index (χ2n) is 2.62. The predicted molar refractivity (Wildman–Crippen MR) is 42.6 cm³/mol. The SMILES string of the molecule is Cc1nc(C[C@@H](O)C(F)(F)F)cs1. The summed E-state index contributed by atoms with van der Waals surface area (Å²) in [6.07, 6.45) is -7.33. The van der Waals surface area contributed by atoms with Gasteiger partial charge in [-0.2, -0.15) is 13.2 Å². The third-order valence-corrected chi connectivity index (χ3v) is 2.27. The van der Waals surface area contributed by atoms with Gasteiger partial charge in [-0.3, -0.25) is 0 Å². The number of hydrogen-bond acceptors (Lipinski definition) is 3. The lowest BCUT2D eigenvalue weighted by Crippen LogP contribution is -2.30. The maximum atomic E-state index is 11.9. The fourth-order valence-electron chi connectivity index (χ4n) is 0.816. The monoisotopic (exact) mass is 211 g/mol. The first kappa shape index (κ1) is 10.5. The molecule has 1 rings (SSSR count). The Kier molecular flexibility index (Phi) is 2.92. The summed E-state index contributed by atoms with van der Waals surface area (Å²) >= 11 is 1.27. The van der Waals surface area contributed by atoms with Gasteiger partial charge in [-0.25, -0.2) is 4.98 Å². The van der Waals surface area contributed by atoms with Crippen LogP contribution < -0.4 is 0 Å². The first-order valence-corrected chi connectivity index (χ1v) is 4.43. The molecule has 0 bridgehead atoms. The summed E-state index contributed by atoms with van der Waals surface area (Å²) in [6.45, 7) is 1.70. The number of aromatic nitrogens is 1. The molecule has 74 valence electrons. The van der Waals surface area contributed by atoms with E-state index < -0.39 is 18.7 Å². The van der Waals surface area contributed by atoms with Gasteiger partial charge < -0.3 is 5.11 Å². The van der Waals surface area contributed by atoms with Gasteiger partial charge in [0.05, 0.1) is 10.7 Å². The quantitative estimate of drug-likeness (QED) is 0.810. The minimum Gasteiger partial charge on any atom is -0.383 e. The average Bonchev–Trinajstić information content (AvgIpc) is 2.33. The van der Waals surface area contributed by atoms with Crippen LogP contribution in [0, 0.1) is 6.92 Å². The lowest BCUT2D eigenvalue weighted by molar-refractivity contribution is -0.203. The number of hydrogen-bond donors (Lipinski definition) is 1. The molecule has 1 aromatic heterocycles. The van der Waals surface area contributed by atoms with Crippen LogP contribution in [0.4, 0.5) is 13.2 Å². The van der Waals surface area contributed by atoms with Gasteiger partial charge in [0.15, 0.2) is 6.10 Å². The molecule has 0 saturated heterocycles. The van der Waals surface area contributed by atoms with Gasteiger partial charge in [-0.15, -0.1) is 11.3 Å². The van der Waals surface area contributed by atoms with E-state index in [-0.39, 0.29) is 5.69 Å². The van der Waals surface area contributed by atoms with Crippen LogP contribution in [0.3, 0.4) is 0 Å². The standard InChI is InChI=1S/C7H8F3NOS/c1-4-11-5(3-13-4)2-6(12)7(8,9)10/h3,6,12H,2H2,1H3/t6-/m1/s1. The smallest absolute Gasteiger partial charge is 0.383 e. The van der Waals surface area contributed by atoms with Crippen molar-refractivity contribution < 1.29 is 18.3 Å². The van der Waals surface area contributed by atoms with Crippen molar-refractivity contribution in [2.45, 2.75) is 25.6 Å². The van der Waals surface area contributed by atoms with Gasteiger partial charge in [0.2, 0.25) is 0 Å². The third-order valence-electron chi connectivity index (χ3n) is 1.45. The van der Waals surface area contributed by atoms with Crippen LogP contribution in [0.5, 0.6) is 0 Å². The second-order valence-corrected chi connectivity index (χ2v) is 3.68. The van der Waals surface area contributed by atoms with E-state index in [2.05, 4.69) is 4.98 Å². The van der Waals surface area contributed by atoms with E-state index in [1.165, 1.54) is 16.7 Å². The summed E-state index contributed by atoms with van der Waals surface area (Å²) in [6, 6.07) is 0. The molecule has 0 amide bonds. The van der Waals surface area contributed by atoms with E-state index in [1.807, 2.05) is 0 Å². The maximum absolute atomic E-state index is 11.9. The molecule has 1 aromatic rings. The zero-order chi connectivity index (χ0) is 10.1. The summed E-state index contributed by atoms with van der Waals surface area (Å²) in [5, 5.41) is 10.9. The average molecular weight is 211 g/mol. The molecule has 0 fully saturated rings. The van der Waals surface area contributed by atoms with Gasteiger partial charge >= 0.3 is 6.18 Å². The molecular weight excluding hydrogens is 203 g/mol. The van der Waals surface area contributed by atoms with Gasteiger partial charge in [0, 0.05) is 11.8 Å². The highest BCUT2D eigenvalue weighted by Crippen LogP contribution is 2.23. The Hall–Kier alpha value is -0.620. The Morgan fingerprint density at radius 1 is 1.62 bits per heavy atom. The van der Waals surface area contributed by atoms with Crippen molar-refractivity contribution in [3.63, 3.8) is 0 Å². The minimum atomic E-state index is -4.56. The fourth-order valence-corrected chi connectivity index (χ4v) is 1.44. The number of nitrogens with zero attached hydrogens (tertiary/aromatic N) is 1. The second kappa shape index (κ2) is 3.63. The molecule has 0 aliphatic carbocycles. The van der Waals surface area contributed by atoms with Crippen LogP contribution in [0.1, 0.15) is 10.7 Å². The van der Waals surface area contributed by atoms with Gasteiger partial charge in [0.25, 0.3) is 0 Å². The minimum absolute atomic E-state index is 0.285. The van der Waals surface area contributed by atoms with Gasteiger partial charge in [-0.1, -0.05) is 0 Å². The van der Waals surface area contributed by atoms with E-state index in [4.69, 9.17) is 5.11 Å². The maximum Gasteiger partial charge on any atom is 0.414 e. The number of aliphatic hydroxyl groups is 1. The predicted octanol–water partition coefficient (Wildman–Crippen LogP) is 1.92. The van der Waals surface area contributed by atoms with E-state index >= 15 is 0 Å². The van der Waals surface area contributed by atoms with E-state index in [9.17, 15) is 13.2 Å². The van der Waals surface area contributed by atoms with Crippen LogP contribution in [0.15, 0.2) is 5.38 Å². The first-order chi connectivity index (χ1) is 5.89. The molecule has 1 N–H and O–H groups in total. The number of aryl methyl sites for hydroxylation is 1. The molecule has 2 nitrogen and oxygen atoms in total. The van der Waals surface area contributed by atoms with Crippen molar-refractivity contribution >= 4 is 11.3 Å². The molecule has 13 heavy (non-hydrogen) atoms. The van der Waals surface area contributed by atoms with Gasteiger partial charge in [-0.05, 0) is 6.92 Å². The molecule has 0 saturated carbocycles. The molecule has 0 aromatic carbocycles. The van der Waals surface area contributed by atoms with Crippen LogP contribution >= 0.6 is 11.3 Å². The highest BCUT2D eigenvalue weighted by Gasteiger charge is 2.38.